The fraction of sp³-hybridized carbons (Fsp3) is 0.625. The summed E-state index contributed by atoms with van der Waals surface area (Å²) in [5.74, 6) is -1.66. The summed E-state index contributed by atoms with van der Waals surface area (Å²) in [5.41, 5.74) is -1.62. The lowest BCUT2D eigenvalue weighted by atomic mass is 9.91. The van der Waals surface area contributed by atoms with Gasteiger partial charge in [0.05, 0.1) is 6.54 Å². The molecule has 33 heavy (non-hydrogen) atoms. The van der Waals surface area contributed by atoms with Crippen molar-refractivity contribution < 1.29 is 23.4 Å². The molecule has 1 aliphatic heterocycles. The summed E-state index contributed by atoms with van der Waals surface area (Å²) in [4.78, 5) is 18.0. The number of hydrogen-bond acceptors (Lipinski definition) is 6. The Kier molecular flexibility index (Phi) is 9.31. The molecule has 1 N–H and O–H groups in total. The van der Waals surface area contributed by atoms with E-state index in [2.05, 4.69) is 17.0 Å². The van der Waals surface area contributed by atoms with Crippen molar-refractivity contribution >= 4 is 5.97 Å². The summed E-state index contributed by atoms with van der Waals surface area (Å²) >= 11 is 0. The second kappa shape index (κ2) is 12.2. The van der Waals surface area contributed by atoms with Crippen LogP contribution < -0.4 is 0 Å². The molecule has 0 radical (unpaired) electrons. The Balaban J connectivity index is 1.55. The van der Waals surface area contributed by atoms with Crippen molar-refractivity contribution in [2.45, 2.75) is 76.5 Å². The highest BCUT2D eigenvalue weighted by molar-refractivity contribution is 5.69. The van der Waals surface area contributed by atoms with E-state index in [0.717, 1.165) is 31.4 Å². The number of rotatable bonds is 12. The molecule has 3 rings (SSSR count). The Morgan fingerprint density at radius 1 is 1.18 bits per heavy atom. The average Bonchev–Trinajstić information content (AvgIpc) is 3.27. The lowest BCUT2D eigenvalue weighted by Crippen LogP contribution is -2.48. The number of nitrogens with zero attached hydrogens (tertiary/aromatic N) is 4. The Morgan fingerprint density at radius 3 is 2.61 bits per heavy atom. The van der Waals surface area contributed by atoms with Crippen molar-refractivity contribution in [2.24, 2.45) is 0 Å². The van der Waals surface area contributed by atoms with Crippen LogP contribution in [-0.2, 0) is 21.7 Å². The van der Waals surface area contributed by atoms with E-state index in [1.165, 1.54) is 36.2 Å². The minimum Gasteiger partial charge on any atom is -0.462 e. The first-order valence-electron chi connectivity index (χ1n) is 11.8. The SMILES string of the molecule is CCCCCCCC(=O)OC1CCN(CC(O)(Cn2cncn2)c2ccc(F)cc2F)CC1. The van der Waals surface area contributed by atoms with E-state index < -0.39 is 17.2 Å². The molecule has 1 aromatic carbocycles. The molecule has 1 aliphatic rings. The summed E-state index contributed by atoms with van der Waals surface area (Å²) < 4.78 is 35.1. The van der Waals surface area contributed by atoms with Crippen LogP contribution >= 0.6 is 0 Å². The minimum atomic E-state index is -1.63. The number of aromatic nitrogens is 3. The first kappa shape index (κ1) is 25.2. The molecule has 1 unspecified atom stereocenters. The molecule has 2 heterocycles. The Hall–Kier alpha value is -2.39. The molecular formula is C24H34F2N4O3. The van der Waals surface area contributed by atoms with Gasteiger partial charge in [-0.1, -0.05) is 38.7 Å². The van der Waals surface area contributed by atoms with E-state index in [1.807, 2.05) is 4.90 Å². The van der Waals surface area contributed by atoms with Gasteiger partial charge in [0.2, 0.25) is 0 Å². The highest BCUT2D eigenvalue weighted by atomic mass is 19.1. The molecule has 0 aliphatic carbocycles. The van der Waals surface area contributed by atoms with Crippen molar-refractivity contribution in [1.82, 2.24) is 19.7 Å². The largest absolute Gasteiger partial charge is 0.462 e. The minimum absolute atomic E-state index is 0.0102. The van der Waals surface area contributed by atoms with Gasteiger partial charge in [0.25, 0.3) is 0 Å². The molecule has 182 valence electrons. The van der Waals surface area contributed by atoms with Crippen LogP contribution in [0.1, 0.15) is 63.9 Å². The van der Waals surface area contributed by atoms with Crippen LogP contribution in [0.25, 0.3) is 0 Å². The van der Waals surface area contributed by atoms with E-state index in [-0.39, 0.29) is 30.7 Å². The van der Waals surface area contributed by atoms with E-state index in [0.29, 0.717) is 32.4 Å². The van der Waals surface area contributed by atoms with Crippen LogP contribution in [0.3, 0.4) is 0 Å². The number of carbonyl (C=O) groups is 1. The molecule has 9 heteroatoms. The lowest BCUT2D eigenvalue weighted by Gasteiger charge is -2.38. The molecule has 0 saturated carbocycles. The van der Waals surface area contributed by atoms with Gasteiger partial charge in [-0.25, -0.2) is 18.4 Å². The molecule has 1 aromatic heterocycles. The molecule has 1 atom stereocenters. The highest BCUT2D eigenvalue weighted by Crippen LogP contribution is 2.29. The summed E-state index contributed by atoms with van der Waals surface area (Å²) in [6.07, 6.45) is 9.80. The number of benzene rings is 1. The van der Waals surface area contributed by atoms with E-state index in [9.17, 15) is 18.7 Å². The number of likely N-dealkylation sites (tertiary alicyclic amines) is 1. The van der Waals surface area contributed by atoms with Crippen LogP contribution in [0.5, 0.6) is 0 Å². The molecule has 7 nitrogen and oxygen atoms in total. The Labute approximate surface area is 193 Å². The van der Waals surface area contributed by atoms with Gasteiger partial charge in [-0.3, -0.25) is 9.69 Å². The maximum Gasteiger partial charge on any atom is 0.306 e. The maximum atomic E-state index is 14.6. The van der Waals surface area contributed by atoms with E-state index in [4.69, 9.17) is 4.74 Å². The molecular weight excluding hydrogens is 430 g/mol. The third-order valence-electron chi connectivity index (χ3n) is 6.12. The quantitative estimate of drug-likeness (QED) is 0.380. The van der Waals surface area contributed by atoms with E-state index >= 15 is 0 Å². The van der Waals surface area contributed by atoms with Crippen LogP contribution in [-0.4, -0.2) is 56.5 Å². The second-order valence-electron chi connectivity index (χ2n) is 8.88. The normalized spacial score (nSPS) is 17.1. The lowest BCUT2D eigenvalue weighted by molar-refractivity contribution is -0.152. The van der Waals surface area contributed by atoms with Crippen LogP contribution in [0, 0.1) is 11.6 Å². The van der Waals surface area contributed by atoms with Crippen molar-refractivity contribution in [3.63, 3.8) is 0 Å². The molecule has 0 bridgehead atoms. The number of esters is 1. The summed E-state index contributed by atoms with van der Waals surface area (Å²) in [5, 5.41) is 15.5. The topological polar surface area (TPSA) is 80.5 Å². The number of piperidine rings is 1. The van der Waals surface area contributed by atoms with Gasteiger partial charge in [-0.2, -0.15) is 5.10 Å². The summed E-state index contributed by atoms with van der Waals surface area (Å²) in [6.45, 7) is 3.45. The number of ether oxygens (including phenoxy) is 1. The third-order valence-corrected chi connectivity index (χ3v) is 6.12. The Bertz CT molecular complexity index is 873. The van der Waals surface area contributed by atoms with Gasteiger partial charge in [-0.05, 0) is 25.3 Å². The molecule has 0 spiro atoms. The number of carbonyl (C=O) groups excluding carboxylic acids is 1. The van der Waals surface area contributed by atoms with Gasteiger partial charge in [0, 0.05) is 37.7 Å². The zero-order valence-electron chi connectivity index (χ0n) is 19.3. The first-order chi connectivity index (χ1) is 15.9. The number of halogens is 2. The van der Waals surface area contributed by atoms with Crippen molar-refractivity contribution in [3.05, 3.63) is 48.1 Å². The smallest absolute Gasteiger partial charge is 0.306 e. The maximum absolute atomic E-state index is 14.6. The number of unbranched alkanes of at least 4 members (excludes halogenated alkanes) is 4. The molecule has 0 amide bonds. The van der Waals surface area contributed by atoms with Crippen LogP contribution in [0.2, 0.25) is 0 Å². The van der Waals surface area contributed by atoms with Crippen molar-refractivity contribution in [2.75, 3.05) is 19.6 Å². The summed E-state index contributed by atoms with van der Waals surface area (Å²) in [6, 6.07) is 3.19. The van der Waals surface area contributed by atoms with Crippen LogP contribution in [0.4, 0.5) is 8.78 Å². The summed E-state index contributed by atoms with van der Waals surface area (Å²) in [7, 11) is 0. The van der Waals surface area contributed by atoms with Crippen LogP contribution in [0.15, 0.2) is 30.9 Å². The molecule has 1 saturated heterocycles. The predicted octanol–water partition coefficient (Wildman–Crippen LogP) is 3.81. The number of aliphatic hydroxyl groups is 1. The van der Waals surface area contributed by atoms with E-state index in [1.54, 1.807) is 0 Å². The third kappa shape index (κ3) is 7.57. The van der Waals surface area contributed by atoms with Gasteiger partial charge in [0.15, 0.2) is 0 Å². The Morgan fingerprint density at radius 2 is 1.94 bits per heavy atom. The predicted molar refractivity (Wildman–Crippen MR) is 119 cm³/mol. The molecule has 2 aromatic rings. The van der Waals surface area contributed by atoms with Crippen molar-refractivity contribution in [3.8, 4) is 0 Å². The van der Waals surface area contributed by atoms with Gasteiger partial charge in [0.1, 0.15) is 36.0 Å². The fourth-order valence-electron chi connectivity index (χ4n) is 4.34. The monoisotopic (exact) mass is 464 g/mol. The van der Waals surface area contributed by atoms with Gasteiger partial charge >= 0.3 is 5.97 Å². The second-order valence-corrected chi connectivity index (χ2v) is 8.88. The van der Waals surface area contributed by atoms with Crippen molar-refractivity contribution in [1.29, 1.82) is 0 Å². The number of hydrogen-bond donors (Lipinski definition) is 1. The molecule has 1 fully saturated rings. The highest BCUT2D eigenvalue weighted by Gasteiger charge is 2.37. The zero-order chi connectivity index (χ0) is 23.7. The first-order valence-corrected chi connectivity index (χ1v) is 11.8. The zero-order valence-corrected chi connectivity index (χ0v) is 19.3. The van der Waals surface area contributed by atoms with Gasteiger partial charge in [-0.15, -0.1) is 0 Å². The number of β-amino-alcohol motifs (C(OH)–C–C–N with tert-alkyl or cyclic N) is 1. The average molecular weight is 465 g/mol. The van der Waals surface area contributed by atoms with Gasteiger partial charge < -0.3 is 9.84 Å². The fourth-order valence-corrected chi connectivity index (χ4v) is 4.34. The standard InChI is InChI=1S/C24H34F2N4O3/c1-2-3-4-5-6-7-23(31)33-20-10-12-29(13-11-20)15-24(32,16-30-18-27-17-28-30)21-9-8-19(25)14-22(21)26/h8-9,14,17-18,20,32H,2-7,10-13,15-16H2,1H3.